The van der Waals surface area contributed by atoms with E-state index in [1.54, 1.807) is 18.5 Å². The fraction of sp³-hybridized carbons (Fsp3) is 0.276. The summed E-state index contributed by atoms with van der Waals surface area (Å²) in [6.45, 7) is 2.56. The highest BCUT2D eigenvalue weighted by molar-refractivity contribution is 8.18. The van der Waals surface area contributed by atoms with Crippen molar-refractivity contribution in [3.63, 3.8) is 0 Å². The number of carbonyl (C=O) groups excluding carboxylic acids is 1. The Hall–Kier alpha value is -3.09. The van der Waals surface area contributed by atoms with Gasteiger partial charge >= 0.3 is 0 Å². The molecule has 0 unspecified atom stereocenters. The van der Waals surface area contributed by atoms with E-state index in [-0.39, 0.29) is 11.9 Å². The largest absolute Gasteiger partial charge is 0.489 e. The Bertz CT molecular complexity index is 1300. The summed E-state index contributed by atoms with van der Waals surface area (Å²) in [5, 5.41) is 1.15. The van der Waals surface area contributed by atoms with Crippen LogP contribution in [-0.4, -0.2) is 27.0 Å². The van der Waals surface area contributed by atoms with Crippen LogP contribution in [0.2, 0.25) is 5.02 Å². The molecule has 5 nitrogen and oxygen atoms in total. The lowest BCUT2D eigenvalue weighted by molar-refractivity contribution is -0.124. The van der Waals surface area contributed by atoms with E-state index in [1.165, 1.54) is 23.7 Å². The Balaban J connectivity index is 1.39. The highest BCUT2D eigenvalue weighted by Gasteiger charge is 2.38. The number of amidine groups is 1. The molecule has 7 heteroatoms. The zero-order valence-corrected chi connectivity index (χ0v) is 21.8. The Morgan fingerprint density at radius 2 is 1.94 bits per heavy atom. The number of hydrogen-bond donors (Lipinski definition) is 0. The first kappa shape index (κ1) is 24.6. The Kier molecular flexibility index (Phi) is 7.73. The number of aromatic nitrogens is 1. The molecular formula is C29H28ClN3O2S. The lowest BCUT2D eigenvalue weighted by atomic mass is 9.94. The number of rotatable bonds is 6. The number of thioether (sulfide) groups is 1. The number of halogens is 1. The summed E-state index contributed by atoms with van der Waals surface area (Å²) in [5.74, 6) is 0.767. The van der Waals surface area contributed by atoms with Gasteiger partial charge in [-0.25, -0.2) is 4.99 Å². The summed E-state index contributed by atoms with van der Waals surface area (Å²) in [4.78, 5) is 25.0. The monoisotopic (exact) mass is 517 g/mol. The van der Waals surface area contributed by atoms with Gasteiger partial charge in [0.15, 0.2) is 5.17 Å². The molecule has 1 aromatic heterocycles. The van der Waals surface area contributed by atoms with Crippen LogP contribution in [0.25, 0.3) is 6.08 Å². The zero-order valence-electron chi connectivity index (χ0n) is 20.2. The van der Waals surface area contributed by atoms with Gasteiger partial charge in [-0.3, -0.25) is 14.7 Å². The number of ether oxygens (including phenoxy) is 1. The van der Waals surface area contributed by atoms with E-state index in [1.807, 2.05) is 35.2 Å². The van der Waals surface area contributed by atoms with E-state index in [0.717, 1.165) is 42.6 Å². The predicted molar refractivity (Wildman–Crippen MR) is 148 cm³/mol. The molecule has 1 saturated heterocycles. The quantitative estimate of drug-likeness (QED) is 0.316. The molecule has 1 aliphatic heterocycles. The van der Waals surface area contributed by atoms with E-state index in [2.05, 4.69) is 36.2 Å². The molecule has 0 bridgehead atoms. The third-order valence-corrected chi connectivity index (χ3v) is 7.70. The van der Waals surface area contributed by atoms with Crippen LogP contribution < -0.4 is 4.74 Å². The van der Waals surface area contributed by atoms with Crippen molar-refractivity contribution in [2.75, 3.05) is 0 Å². The van der Waals surface area contributed by atoms with Gasteiger partial charge in [-0.2, -0.15) is 0 Å². The summed E-state index contributed by atoms with van der Waals surface area (Å²) in [7, 11) is 0. The molecule has 36 heavy (non-hydrogen) atoms. The number of aryl methyl sites for hydroxylation is 1. The van der Waals surface area contributed by atoms with Crippen molar-refractivity contribution >= 4 is 46.2 Å². The summed E-state index contributed by atoms with van der Waals surface area (Å²) < 4.78 is 6.02. The third kappa shape index (κ3) is 5.82. The van der Waals surface area contributed by atoms with Gasteiger partial charge < -0.3 is 4.74 Å². The minimum absolute atomic E-state index is 0.00167. The van der Waals surface area contributed by atoms with Crippen molar-refractivity contribution in [1.82, 2.24) is 9.88 Å². The maximum Gasteiger partial charge on any atom is 0.267 e. The molecular weight excluding hydrogens is 490 g/mol. The summed E-state index contributed by atoms with van der Waals surface area (Å²) >= 11 is 7.73. The second kappa shape index (κ2) is 11.3. The topological polar surface area (TPSA) is 54.8 Å². The fourth-order valence-electron chi connectivity index (χ4n) is 4.48. The second-order valence-electron chi connectivity index (χ2n) is 9.15. The van der Waals surface area contributed by atoms with E-state index in [9.17, 15) is 4.79 Å². The van der Waals surface area contributed by atoms with Gasteiger partial charge in [-0.1, -0.05) is 72.8 Å². The van der Waals surface area contributed by atoms with Crippen molar-refractivity contribution in [2.24, 2.45) is 4.99 Å². The Labute approximate surface area is 221 Å². The predicted octanol–water partition coefficient (Wildman–Crippen LogP) is 7.56. The van der Waals surface area contributed by atoms with E-state index < -0.39 is 0 Å². The number of nitrogens with zero attached hydrogens (tertiary/aromatic N) is 3. The SMILES string of the molecule is Cc1ccc(COc2cccc(/C=C3\SC(=Nc4ccncc4Cl)N(C4CCCCC4)C3=O)c2)cc1. The molecule has 1 saturated carbocycles. The van der Waals surface area contributed by atoms with E-state index >= 15 is 0 Å². The standard InChI is InChI=1S/C29H28ClN3O2S/c1-20-10-12-21(13-11-20)19-35-24-9-5-6-22(16-24)17-27-28(34)33(23-7-3-2-4-8-23)29(36-27)32-26-14-15-31-18-25(26)30/h5-6,9-18,23H,2-4,7-8,19H2,1H3/b27-17-,32-29?. The molecule has 0 spiro atoms. The number of amides is 1. The number of pyridine rings is 1. The summed E-state index contributed by atoms with van der Waals surface area (Å²) in [6, 6.07) is 18.1. The van der Waals surface area contributed by atoms with E-state index in [0.29, 0.717) is 27.4 Å². The van der Waals surface area contributed by atoms with Crippen LogP contribution in [0.4, 0.5) is 5.69 Å². The molecule has 2 aliphatic rings. The van der Waals surface area contributed by atoms with Gasteiger partial charge in [0.05, 0.1) is 15.6 Å². The average molecular weight is 518 g/mol. The molecule has 1 amide bonds. The first-order valence-corrected chi connectivity index (χ1v) is 13.5. The summed E-state index contributed by atoms with van der Waals surface area (Å²) in [5.41, 5.74) is 3.88. The zero-order chi connectivity index (χ0) is 24.9. The third-order valence-electron chi connectivity index (χ3n) is 6.43. The van der Waals surface area contributed by atoms with Crippen molar-refractivity contribution in [2.45, 2.75) is 51.7 Å². The Morgan fingerprint density at radius 3 is 2.72 bits per heavy atom. The number of benzene rings is 2. The molecule has 0 atom stereocenters. The highest BCUT2D eigenvalue weighted by atomic mass is 35.5. The van der Waals surface area contributed by atoms with Crippen LogP contribution in [0.3, 0.4) is 0 Å². The smallest absolute Gasteiger partial charge is 0.267 e. The molecule has 2 fully saturated rings. The lowest BCUT2D eigenvalue weighted by Crippen LogP contribution is -2.40. The molecule has 184 valence electrons. The number of aliphatic imine (C=N–C) groups is 1. The van der Waals surface area contributed by atoms with Crippen molar-refractivity contribution in [1.29, 1.82) is 0 Å². The van der Waals surface area contributed by atoms with Crippen LogP contribution >= 0.6 is 23.4 Å². The average Bonchev–Trinajstić information content (AvgIpc) is 3.20. The van der Waals surface area contributed by atoms with Gasteiger partial charge in [0.1, 0.15) is 12.4 Å². The minimum Gasteiger partial charge on any atom is -0.489 e. The lowest BCUT2D eigenvalue weighted by Gasteiger charge is -2.30. The first-order valence-electron chi connectivity index (χ1n) is 12.3. The van der Waals surface area contributed by atoms with Crippen LogP contribution in [0.15, 0.2) is 76.9 Å². The fourth-order valence-corrected chi connectivity index (χ4v) is 5.70. The number of carbonyl (C=O) groups is 1. The van der Waals surface area contributed by atoms with Gasteiger partial charge in [-0.15, -0.1) is 0 Å². The molecule has 3 aromatic rings. The van der Waals surface area contributed by atoms with Crippen molar-refractivity contribution in [3.8, 4) is 5.75 Å². The van der Waals surface area contributed by atoms with Gasteiger partial charge in [0.2, 0.25) is 0 Å². The minimum atomic E-state index is 0.00167. The van der Waals surface area contributed by atoms with Gasteiger partial charge in [0.25, 0.3) is 5.91 Å². The van der Waals surface area contributed by atoms with Crippen LogP contribution in [0.1, 0.15) is 48.8 Å². The maximum atomic E-state index is 13.6. The second-order valence-corrected chi connectivity index (χ2v) is 10.6. The molecule has 5 rings (SSSR count). The Morgan fingerprint density at radius 1 is 1.14 bits per heavy atom. The number of hydrogen-bond acceptors (Lipinski definition) is 5. The molecule has 0 radical (unpaired) electrons. The van der Waals surface area contributed by atoms with Crippen LogP contribution in [0, 0.1) is 6.92 Å². The normalized spacial score (nSPS) is 18.8. The van der Waals surface area contributed by atoms with Crippen LogP contribution in [0.5, 0.6) is 5.75 Å². The molecule has 2 heterocycles. The van der Waals surface area contributed by atoms with Gasteiger partial charge in [0, 0.05) is 18.4 Å². The maximum absolute atomic E-state index is 13.6. The van der Waals surface area contributed by atoms with E-state index in [4.69, 9.17) is 21.3 Å². The highest BCUT2D eigenvalue weighted by Crippen LogP contribution is 2.39. The summed E-state index contributed by atoms with van der Waals surface area (Å²) in [6.07, 6.45) is 10.6. The molecule has 1 aliphatic carbocycles. The van der Waals surface area contributed by atoms with Crippen molar-refractivity contribution in [3.05, 3.63) is 93.6 Å². The van der Waals surface area contributed by atoms with Crippen molar-refractivity contribution < 1.29 is 9.53 Å². The first-order chi connectivity index (χ1) is 17.6. The molecule has 0 N–H and O–H groups in total. The molecule has 2 aromatic carbocycles. The van der Waals surface area contributed by atoms with Crippen LogP contribution in [-0.2, 0) is 11.4 Å². The van der Waals surface area contributed by atoms with Gasteiger partial charge in [-0.05, 0) is 66.9 Å².